The quantitative estimate of drug-likeness (QED) is 0.906. The van der Waals surface area contributed by atoms with Crippen molar-refractivity contribution >= 4 is 17.2 Å². The van der Waals surface area contributed by atoms with Crippen molar-refractivity contribution in [3.8, 4) is 0 Å². The molecule has 4 atom stereocenters. The molecule has 19 heavy (non-hydrogen) atoms. The molecule has 1 aromatic heterocycles. The molecular weight excluding hydrogens is 258 g/mol. The van der Waals surface area contributed by atoms with E-state index in [9.17, 15) is 4.79 Å². The molecule has 4 nitrogen and oxygen atoms in total. The van der Waals surface area contributed by atoms with E-state index < -0.39 is 0 Å². The first-order chi connectivity index (χ1) is 8.90. The number of rotatable bonds is 2. The molecular formula is C14H23N3OS. The fourth-order valence-corrected chi connectivity index (χ4v) is 3.48. The van der Waals surface area contributed by atoms with Crippen LogP contribution in [0.4, 0.5) is 0 Å². The monoisotopic (exact) mass is 281 g/mol. The van der Waals surface area contributed by atoms with Crippen molar-refractivity contribution in [2.75, 3.05) is 6.54 Å². The van der Waals surface area contributed by atoms with Crippen LogP contribution >= 0.6 is 11.3 Å². The predicted octanol–water partition coefficient (Wildman–Crippen LogP) is 2.67. The Morgan fingerprint density at radius 2 is 2.21 bits per heavy atom. The molecule has 0 radical (unpaired) electrons. The Bertz CT molecular complexity index is 457. The first kappa shape index (κ1) is 14.5. The van der Waals surface area contributed by atoms with Crippen LogP contribution in [-0.4, -0.2) is 28.4 Å². The summed E-state index contributed by atoms with van der Waals surface area (Å²) in [5.41, 5.74) is 6.35. The molecule has 1 aromatic rings. The molecule has 106 valence electrons. The Hall–Kier alpha value is -0.940. The van der Waals surface area contributed by atoms with Gasteiger partial charge >= 0.3 is 0 Å². The van der Waals surface area contributed by atoms with Crippen LogP contribution in [0.25, 0.3) is 0 Å². The third-order valence-corrected chi connectivity index (χ3v) is 5.03. The van der Waals surface area contributed by atoms with Gasteiger partial charge < -0.3 is 10.6 Å². The Morgan fingerprint density at radius 3 is 2.79 bits per heavy atom. The standard InChI is InChI=1S/C14H23N3OS/c1-8-5-9(2)11(4)17(6-8)14(18)12-7-19-13(16-12)10(3)15/h7-11H,5-6,15H2,1-4H3. The highest BCUT2D eigenvalue weighted by molar-refractivity contribution is 7.09. The summed E-state index contributed by atoms with van der Waals surface area (Å²) in [4.78, 5) is 18.9. The molecule has 2 N–H and O–H groups in total. The summed E-state index contributed by atoms with van der Waals surface area (Å²) in [6.07, 6.45) is 1.19. The van der Waals surface area contributed by atoms with E-state index >= 15 is 0 Å². The van der Waals surface area contributed by atoms with Crippen molar-refractivity contribution in [2.45, 2.75) is 46.2 Å². The number of nitrogens with zero attached hydrogens (tertiary/aromatic N) is 2. The molecule has 2 heterocycles. The molecule has 1 amide bonds. The van der Waals surface area contributed by atoms with E-state index in [0.29, 0.717) is 17.5 Å². The van der Waals surface area contributed by atoms with Crippen LogP contribution in [0, 0.1) is 11.8 Å². The van der Waals surface area contributed by atoms with Gasteiger partial charge in [-0.15, -0.1) is 11.3 Å². The van der Waals surface area contributed by atoms with Crippen molar-refractivity contribution < 1.29 is 4.79 Å². The number of carbonyl (C=O) groups excluding carboxylic acids is 1. The van der Waals surface area contributed by atoms with Gasteiger partial charge in [0.1, 0.15) is 10.7 Å². The smallest absolute Gasteiger partial charge is 0.273 e. The van der Waals surface area contributed by atoms with Crippen molar-refractivity contribution in [1.82, 2.24) is 9.88 Å². The fraction of sp³-hybridized carbons (Fsp3) is 0.714. The zero-order valence-electron chi connectivity index (χ0n) is 12.1. The van der Waals surface area contributed by atoms with E-state index in [0.717, 1.165) is 11.6 Å². The van der Waals surface area contributed by atoms with Gasteiger partial charge in [-0.1, -0.05) is 13.8 Å². The second-order valence-electron chi connectivity index (χ2n) is 5.88. The summed E-state index contributed by atoms with van der Waals surface area (Å²) in [5.74, 6) is 1.15. The number of hydrogen-bond donors (Lipinski definition) is 1. The zero-order chi connectivity index (χ0) is 14.2. The zero-order valence-corrected chi connectivity index (χ0v) is 12.9. The van der Waals surface area contributed by atoms with E-state index in [2.05, 4.69) is 25.8 Å². The lowest BCUT2D eigenvalue weighted by Crippen LogP contribution is -2.48. The molecule has 0 bridgehead atoms. The number of nitrogens with two attached hydrogens (primary N) is 1. The van der Waals surface area contributed by atoms with Crippen LogP contribution in [0.3, 0.4) is 0 Å². The van der Waals surface area contributed by atoms with Crippen LogP contribution in [-0.2, 0) is 0 Å². The average Bonchev–Trinajstić information content (AvgIpc) is 2.82. The molecule has 1 aliphatic rings. The van der Waals surface area contributed by atoms with Gasteiger partial charge in [-0.25, -0.2) is 4.98 Å². The van der Waals surface area contributed by atoms with Gasteiger partial charge in [0.15, 0.2) is 0 Å². The highest BCUT2D eigenvalue weighted by Crippen LogP contribution is 2.28. The van der Waals surface area contributed by atoms with Crippen LogP contribution in [0.2, 0.25) is 0 Å². The minimum absolute atomic E-state index is 0.0500. The number of carbonyl (C=O) groups is 1. The topological polar surface area (TPSA) is 59.2 Å². The summed E-state index contributed by atoms with van der Waals surface area (Å²) in [6.45, 7) is 9.27. The highest BCUT2D eigenvalue weighted by atomic mass is 32.1. The third-order valence-electron chi connectivity index (χ3n) is 3.99. The largest absolute Gasteiger partial charge is 0.334 e. The van der Waals surface area contributed by atoms with Crippen molar-refractivity contribution in [3.63, 3.8) is 0 Å². The fourth-order valence-electron chi connectivity index (χ4n) is 2.73. The van der Waals surface area contributed by atoms with Crippen LogP contribution in [0.15, 0.2) is 5.38 Å². The Labute approximate surface area is 119 Å². The van der Waals surface area contributed by atoms with Gasteiger partial charge in [0.05, 0.1) is 6.04 Å². The van der Waals surface area contributed by atoms with Crippen LogP contribution < -0.4 is 5.73 Å². The number of aromatic nitrogens is 1. The van der Waals surface area contributed by atoms with Gasteiger partial charge in [-0.05, 0) is 32.1 Å². The maximum atomic E-state index is 12.6. The van der Waals surface area contributed by atoms with E-state index in [1.807, 2.05) is 17.2 Å². The minimum atomic E-state index is -0.108. The maximum absolute atomic E-state index is 12.6. The first-order valence-electron chi connectivity index (χ1n) is 6.92. The number of hydrogen-bond acceptors (Lipinski definition) is 4. The second-order valence-corrected chi connectivity index (χ2v) is 6.77. The summed E-state index contributed by atoms with van der Waals surface area (Å²) >= 11 is 1.47. The van der Waals surface area contributed by atoms with E-state index in [4.69, 9.17) is 5.73 Å². The molecule has 1 saturated heterocycles. The predicted molar refractivity (Wildman–Crippen MR) is 78.2 cm³/mol. The van der Waals surface area contributed by atoms with Crippen molar-refractivity contribution in [1.29, 1.82) is 0 Å². The molecule has 0 saturated carbocycles. The van der Waals surface area contributed by atoms with Gasteiger partial charge in [0, 0.05) is 18.0 Å². The van der Waals surface area contributed by atoms with Gasteiger partial charge in [0.25, 0.3) is 5.91 Å². The van der Waals surface area contributed by atoms with E-state index in [1.165, 1.54) is 17.8 Å². The molecule has 0 spiro atoms. The molecule has 1 fully saturated rings. The normalized spacial score (nSPS) is 29.3. The lowest BCUT2D eigenvalue weighted by Gasteiger charge is -2.40. The number of amides is 1. The summed E-state index contributed by atoms with van der Waals surface area (Å²) in [5, 5.41) is 2.66. The van der Waals surface area contributed by atoms with Crippen LogP contribution in [0.1, 0.15) is 55.7 Å². The lowest BCUT2D eigenvalue weighted by molar-refractivity contribution is 0.0450. The van der Waals surface area contributed by atoms with Gasteiger partial charge in [-0.3, -0.25) is 4.79 Å². The van der Waals surface area contributed by atoms with Gasteiger partial charge in [-0.2, -0.15) is 0 Å². The Kier molecular flexibility index (Phi) is 4.26. The Balaban J connectivity index is 2.17. The molecule has 0 aliphatic carbocycles. The molecule has 1 aliphatic heterocycles. The van der Waals surface area contributed by atoms with E-state index in [-0.39, 0.29) is 18.0 Å². The molecule has 2 rings (SSSR count). The summed E-state index contributed by atoms with van der Waals surface area (Å²) in [6, 6.07) is 0.173. The minimum Gasteiger partial charge on any atom is -0.334 e. The summed E-state index contributed by atoms with van der Waals surface area (Å²) in [7, 11) is 0. The van der Waals surface area contributed by atoms with Crippen molar-refractivity contribution in [3.05, 3.63) is 16.1 Å². The van der Waals surface area contributed by atoms with Crippen LogP contribution in [0.5, 0.6) is 0 Å². The van der Waals surface area contributed by atoms with E-state index in [1.54, 1.807) is 0 Å². The number of likely N-dealkylation sites (tertiary alicyclic amines) is 1. The molecule has 0 aromatic carbocycles. The molecule has 4 unspecified atom stereocenters. The first-order valence-corrected chi connectivity index (χ1v) is 7.80. The second kappa shape index (κ2) is 5.59. The van der Waals surface area contributed by atoms with Gasteiger partial charge in [0.2, 0.25) is 0 Å². The summed E-state index contributed by atoms with van der Waals surface area (Å²) < 4.78 is 0. The highest BCUT2D eigenvalue weighted by Gasteiger charge is 2.33. The number of piperidine rings is 1. The average molecular weight is 281 g/mol. The Morgan fingerprint density at radius 1 is 1.53 bits per heavy atom. The third kappa shape index (κ3) is 2.98. The SMILES string of the molecule is CC1CC(C)C(C)N(C(=O)c2csc(C(C)N)n2)C1. The molecule has 5 heteroatoms. The van der Waals surface area contributed by atoms with Crippen molar-refractivity contribution in [2.24, 2.45) is 17.6 Å². The number of thiazole rings is 1. The lowest BCUT2D eigenvalue weighted by atomic mass is 9.86. The maximum Gasteiger partial charge on any atom is 0.273 e.